The Morgan fingerprint density at radius 2 is 1.07 bits per heavy atom. The Labute approximate surface area is 317 Å². The second kappa shape index (κ2) is 10.8. The molecule has 0 radical (unpaired) electrons. The molecule has 55 heavy (non-hydrogen) atoms. The first-order chi connectivity index (χ1) is 27.3. The smallest absolute Gasteiger partial charge is 0.236 e. The van der Waals surface area contributed by atoms with E-state index in [1.807, 2.05) is 23.5 Å². The molecule has 0 spiro atoms. The second-order valence-corrected chi connectivity index (χ2v) is 15.5. The Hall–Kier alpha value is -7.08. The van der Waals surface area contributed by atoms with Gasteiger partial charge in [-0.15, -0.1) is 11.3 Å². The van der Waals surface area contributed by atoms with Gasteiger partial charge in [0.15, 0.2) is 5.58 Å². The minimum atomic E-state index is 0.617. The van der Waals surface area contributed by atoms with Gasteiger partial charge in [-0.3, -0.25) is 4.57 Å². The molecule has 9 aromatic carbocycles. The Balaban J connectivity index is 1.22. The van der Waals surface area contributed by atoms with E-state index in [0.29, 0.717) is 11.5 Å². The fourth-order valence-corrected chi connectivity index (χ4v) is 10.4. The summed E-state index contributed by atoms with van der Waals surface area (Å²) >= 11 is 1.81. The number of para-hydroxylation sites is 1. The van der Waals surface area contributed by atoms with Gasteiger partial charge < -0.3 is 4.42 Å². The fraction of sp³-hybridized carbons (Fsp3) is 0. The molecule has 0 aliphatic rings. The highest BCUT2D eigenvalue weighted by Gasteiger charge is 2.24. The molecule has 0 saturated heterocycles. The van der Waals surface area contributed by atoms with Gasteiger partial charge in [0.2, 0.25) is 5.95 Å². The number of fused-ring (bicyclic) bond motifs is 18. The zero-order valence-electron chi connectivity index (χ0n) is 29.2. The van der Waals surface area contributed by atoms with E-state index in [1.54, 1.807) is 0 Å². The maximum absolute atomic E-state index is 6.64. The average Bonchev–Trinajstić information content (AvgIpc) is 3.92. The highest BCUT2D eigenvalue weighted by atomic mass is 32.1. The van der Waals surface area contributed by atoms with Crippen LogP contribution in [0.5, 0.6) is 0 Å². The zero-order valence-corrected chi connectivity index (χ0v) is 30.1. The van der Waals surface area contributed by atoms with Crippen molar-refractivity contribution in [1.82, 2.24) is 14.5 Å². The summed E-state index contributed by atoms with van der Waals surface area (Å²) in [7, 11) is 0. The third kappa shape index (κ3) is 3.94. The van der Waals surface area contributed by atoms with Gasteiger partial charge in [-0.2, -0.15) is 0 Å². The highest BCUT2D eigenvalue weighted by Crippen LogP contribution is 2.46. The van der Waals surface area contributed by atoms with Gasteiger partial charge in [-0.05, 0) is 62.6 Å². The van der Waals surface area contributed by atoms with Crippen molar-refractivity contribution in [2.75, 3.05) is 0 Å². The first-order valence-electron chi connectivity index (χ1n) is 18.6. The minimum Gasteiger partial charge on any atom is -0.452 e. The van der Waals surface area contributed by atoms with Gasteiger partial charge in [0.05, 0.1) is 11.0 Å². The lowest BCUT2D eigenvalue weighted by atomic mass is 9.91. The van der Waals surface area contributed by atoms with Crippen molar-refractivity contribution in [3.8, 4) is 17.2 Å². The molecule has 4 aromatic heterocycles. The highest BCUT2D eigenvalue weighted by molar-refractivity contribution is 7.25. The summed E-state index contributed by atoms with van der Waals surface area (Å²) in [5.74, 6) is 0.617. The van der Waals surface area contributed by atoms with Crippen LogP contribution in [0.2, 0.25) is 0 Å². The molecule has 254 valence electrons. The predicted molar refractivity (Wildman–Crippen MR) is 232 cm³/mol. The van der Waals surface area contributed by atoms with Crippen LogP contribution in [0, 0.1) is 0 Å². The van der Waals surface area contributed by atoms with Gasteiger partial charge in [0.1, 0.15) is 16.8 Å². The van der Waals surface area contributed by atoms with Gasteiger partial charge >= 0.3 is 0 Å². The van der Waals surface area contributed by atoms with Crippen LogP contribution in [-0.2, 0) is 0 Å². The van der Waals surface area contributed by atoms with E-state index in [9.17, 15) is 0 Å². The topological polar surface area (TPSA) is 43.9 Å². The van der Waals surface area contributed by atoms with Crippen LogP contribution in [0.3, 0.4) is 0 Å². The Morgan fingerprint density at radius 3 is 1.91 bits per heavy atom. The number of thiophene rings is 1. The molecular formula is C50H27N3OS. The van der Waals surface area contributed by atoms with E-state index in [4.69, 9.17) is 14.4 Å². The van der Waals surface area contributed by atoms with Gasteiger partial charge in [-0.1, -0.05) is 133 Å². The van der Waals surface area contributed by atoms with E-state index in [1.165, 1.54) is 68.6 Å². The van der Waals surface area contributed by atoms with Crippen LogP contribution < -0.4 is 0 Å². The number of furan rings is 1. The lowest BCUT2D eigenvalue weighted by Gasteiger charge is -2.13. The van der Waals surface area contributed by atoms with Crippen molar-refractivity contribution < 1.29 is 4.42 Å². The Morgan fingerprint density at radius 1 is 0.455 bits per heavy atom. The number of hydrogen-bond donors (Lipinski definition) is 0. The molecule has 0 fully saturated rings. The number of hydrogen-bond acceptors (Lipinski definition) is 4. The number of benzene rings is 9. The monoisotopic (exact) mass is 717 g/mol. The number of aromatic nitrogens is 3. The quantitative estimate of drug-likeness (QED) is 0.167. The van der Waals surface area contributed by atoms with Crippen LogP contribution in [0.4, 0.5) is 0 Å². The predicted octanol–water partition coefficient (Wildman–Crippen LogP) is 14.1. The molecule has 0 aliphatic carbocycles. The molecule has 4 nitrogen and oxygen atoms in total. The standard InChI is InChI=1S/C50H27N3OS/c1-2-12-30-28(11-1)21-24-39-45-40(26-25-37-33-15-4-3-13-31(33)32-14-5-6-17-36(32)44(37)45)53(48(30)39)50-51-46(49-47(52-50)38-18-7-9-19-41(38)54-49)29-22-23-35-34-16-8-10-20-42(34)55-43(35)27-29/h1-27H. The second-order valence-electron chi connectivity index (χ2n) is 14.4. The molecular weight excluding hydrogens is 691 g/mol. The van der Waals surface area contributed by atoms with Crippen molar-refractivity contribution in [3.05, 3.63) is 164 Å². The van der Waals surface area contributed by atoms with Crippen molar-refractivity contribution in [2.24, 2.45) is 0 Å². The molecule has 0 unspecified atom stereocenters. The van der Waals surface area contributed by atoms with Crippen LogP contribution in [0.1, 0.15) is 0 Å². The molecule has 0 bridgehead atoms. The minimum absolute atomic E-state index is 0.617. The molecule has 0 N–H and O–H groups in total. The van der Waals surface area contributed by atoms with Gasteiger partial charge in [0.25, 0.3) is 0 Å². The Bertz CT molecular complexity index is 3760. The fourth-order valence-electron chi connectivity index (χ4n) is 9.22. The first kappa shape index (κ1) is 29.4. The molecule has 4 heterocycles. The summed E-state index contributed by atoms with van der Waals surface area (Å²) in [5, 5.41) is 15.7. The van der Waals surface area contributed by atoms with Crippen LogP contribution in [0.15, 0.2) is 168 Å². The van der Waals surface area contributed by atoms with Crippen molar-refractivity contribution in [2.45, 2.75) is 0 Å². The largest absolute Gasteiger partial charge is 0.452 e. The summed E-state index contributed by atoms with van der Waals surface area (Å²) in [6.07, 6.45) is 0. The Kier molecular flexibility index (Phi) is 5.74. The van der Waals surface area contributed by atoms with E-state index in [-0.39, 0.29) is 0 Å². The van der Waals surface area contributed by atoms with Crippen molar-refractivity contribution >= 4 is 118 Å². The lowest BCUT2D eigenvalue weighted by Crippen LogP contribution is -2.03. The zero-order chi connectivity index (χ0) is 35.8. The van der Waals surface area contributed by atoms with Crippen molar-refractivity contribution in [3.63, 3.8) is 0 Å². The maximum atomic E-state index is 6.64. The van der Waals surface area contributed by atoms with Gasteiger partial charge in [0, 0.05) is 52.7 Å². The molecule has 13 aromatic rings. The normalized spacial score (nSPS) is 12.4. The summed E-state index contributed by atoms with van der Waals surface area (Å²) in [4.78, 5) is 11.0. The van der Waals surface area contributed by atoms with Crippen LogP contribution >= 0.6 is 11.3 Å². The number of nitrogens with zero attached hydrogens (tertiary/aromatic N) is 3. The third-order valence-electron chi connectivity index (χ3n) is 11.6. The SMILES string of the molecule is c1ccc2c(c1)ccc1c3c4c5ccccc5c5ccccc5c4ccc3n(-c3nc(-c4ccc5c(c4)sc4ccccc45)c4oc5ccccc5c4n3)c21. The van der Waals surface area contributed by atoms with E-state index in [0.717, 1.165) is 44.2 Å². The molecule has 0 amide bonds. The lowest BCUT2D eigenvalue weighted by molar-refractivity contribution is 0.666. The summed E-state index contributed by atoms with van der Waals surface area (Å²) in [5.41, 5.74) is 6.24. The molecule has 0 saturated carbocycles. The van der Waals surface area contributed by atoms with E-state index >= 15 is 0 Å². The summed E-state index contributed by atoms with van der Waals surface area (Å²) in [6.45, 7) is 0. The molecule has 5 heteroatoms. The van der Waals surface area contributed by atoms with Crippen LogP contribution in [-0.4, -0.2) is 14.5 Å². The summed E-state index contributed by atoms with van der Waals surface area (Å²) < 4.78 is 11.4. The number of rotatable bonds is 2. The first-order valence-corrected chi connectivity index (χ1v) is 19.4. The van der Waals surface area contributed by atoms with Gasteiger partial charge in [-0.25, -0.2) is 9.97 Å². The third-order valence-corrected chi connectivity index (χ3v) is 12.7. The maximum Gasteiger partial charge on any atom is 0.236 e. The van der Waals surface area contributed by atoms with E-state index < -0.39 is 0 Å². The van der Waals surface area contributed by atoms with Crippen molar-refractivity contribution in [1.29, 1.82) is 0 Å². The van der Waals surface area contributed by atoms with E-state index in [2.05, 4.69) is 156 Å². The summed E-state index contributed by atoms with van der Waals surface area (Å²) in [6, 6.07) is 58.9. The molecule has 13 rings (SSSR count). The average molecular weight is 718 g/mol. The van der Waals surface area contributed by atoms with Crippen LogP contribution in [0.25, 0.3) is 124 Å². The molecule has 0 aliphatic heterocycles. The molecule has 0 atom stereocenters.